The fourth-order valence-electron chi connectivity index (χ4n) is 7.63. The van der Waals surface area contributed by atoms with E-state index in [-0.39, 0.29) is 30.1 Å². The molecule has 7 aromatic rings. The maximum Gasteiger partial charge on any atom is 0.280 e. The van der Waals surface area contributed by atoms with Crippen LogP contribution in [0, 0.1) is 0 Å². The summed E-state index contributed by atoms with van der Waals surface area (Å²) in [6.07, 6.45) is -5.22. The predicted octanol–water partition coefficient (Wildman–Crippen LogP) is 2.73. The topological polar surface area (TPSA) is 186 Å². The molecule has 12 heteroatoms. The lowest BCUT2D eigenvalue weighted by atomic mass is 9.76. The summed E-state index contributed by atoms with van der Waals surface area (Å²) in [5.41, 5.74) is 0.731. The number of aromatic amines is 1. The minimum absolute atomic E-state index is 0.00472. The molecule has 12 nitrogen and oxygen atoms in total. The number of aromatic nitrogens is 4. The number of imidazole rings is 1. The van der Waals surface area contributed by atoms with Crippen LogP contribution in [0.2, 0.25) is 0 Å². The lowest BCUT2D eigenvalue weighted by Gasteiger charge is -2.39. The number of aliphatic hydroxyl groups excluding tert-OH is 5. The van der Waals surface area contributed by atoms with Gasteiger partial charge < -0.3 is 35.6 Å². The highest BCUT2D eigenvalue weighted by atomic mass is 16.5. The van der Waals surface area contributed by atoms with Crippen molar-refractivity contribution in [2.75, 3.05) is 11.9 Å². The molecule has 1 aliphatic heterocycles. The maximum atomic E-state index is 13.2. The van der Waals surface area contributed by atoms with Gasteiger partial charge in [-0.2, -0.15) is 4.98 Å². The van der Waals surface area contributed by atoms with E-state index in [4.69, 9.17) is 4.74 Å². The van der Waals surface area contributed by atoms with E-state index in [2.05, 4.69) is 38.5 Å². The van der Waals surface area contributed by atoms with E-state index < -0.39 is 48.3 Å². The van der Waals surface area contributed by atoms with Gasteiger partial charge >= 0.3 is 0 Å². The third-order valence-corrected chi connectivity index (χ3v) is 9.77. The molecule has 0 bridgehead atoms. The highest BCUT2D eigenvalue weighted by molar-refractivity contribution is 6.34. The Labute approximate surface area is 259 Å². The number of hydrogen-bond acceptors (Lipinski definition) is 10. The molecule has 1 saturated heterocycles. The molecule has 5 aromatic carbocycles. The summed E-state index contributed by atoms with van der Waals surface area (Å²) in [7, 11) is 0. The summed E-state index contributed by atoms with van der Waals surface area (Å²) in [6.45, 7) is -0.366. The molecule has 9 rings (SSSR count). The average Bonchev–Trinajstić information content (AvgIpc) is 3.67. The molecule has 2 aliphatic rings. The predicted molar refractivity (Wildman–Crippen MR) is 171 cm³/mol. The summed E-state index contributed by atoms with van der Waals surface area (Å²) in [4.78, 5) is 24.8. The summed E-state index contributed by atoms with van der Waals surface area (Å²) in [6, 6.07) is 19.1. The van der Waals surface area contributed by atoms with Gasteiger partial charge in [-0.1, -0.05) is 54.6 Å². The van der Waals surface area contributed by atoms with Crippen molar-refractivity contribution in [2.45, 2.75) is 49.2 Å². The SMILES string of the molecule is O=c1[nH]c(N[C@@H]2c3c(cc4ccc5cccc6c7ccccc7c3c4c56)[C@H](O)[C@@H](O)[C@H]2O)nc2c1ncn2[C@H]1C[C@H](O)[C@@H](CO)O1. The molecule has 46 heavy (non-hydrogen) atoms. The number of nitrogens with zero attached hydrogens (tertiary/aromatic N) is 3. The summed E-state index contributed by atoms with van der Waals surface area (Å²) >= 11 is 0. The van der Waals surface area contributed by atoms with Gasteiger partial charge in [-0.3, -0.25) is 14.3 Å². The number of benzene rings is 5. The highest BCUT2D eigenvalue weighted by Gasteiger charge is 2.43. The minimum Gasteiger partial charge on any atom is -0.394 e. The van der Waals surface area contributed by atoms with E-state index in [1.807, 2.05) is 42.5 Å². The number of nitrogens with one attached hydrogen (secondary N) is 2. The molecule has 1 aliphatic carbocycles. The lowest BCUT2D eigenvalue weighted by molar-refractivity contribution is -0.0766. The highest BCUT2D eigenvalue weighted by Crippen LogP contribution is 2.49. The molecular weight excluding hydrogens is 590 g/mol. The van der Waals surface area contributed by atoms with Crippen LogP contribution in [0.1, 0.15) is 35.9 Å². The zero-order valence-corrected chi connectivity index (χ0v) is 24.2. The minimum atomic E-state index is -1.53. The first-order valence-electron chi connectivity index (χ1n) is 15.2. The molecule has 0 radical (unpaired) electrons. The van der Waals surface area contributed by atoms with Crippen LogP contribution in [0.25, 0.3) is 54.3 Å². The van der Waals surface area contributed by atoms with Crippen molar-refractivity contribution in [3.63, 3.8) is 0 Å². The Balaban J connectivity index is 1.27. The van der Waals surface area contributed by atoms with Crippen LogP contribution in [0.4, 0.5) is 5.95 Å². The van der Waals surface area contributed by atoms with Crippen molar-refractivity contribution in [3.8, 4) is 0 Å². The van der Waals surface area contributed by atoms with Crippen molar-refractivity contribution >= 4 is 60.2 Å². The third-order valence-electron chi connectivity index (χ3n) is 9.77. The number of rotatable bonds is 4. The van der Waals surface area contributed by atoms with E-state index >= 15 is 0 Å². The second kappa shape index (κ2) is 9.90. The van der Waals surface area contributed by atoms with Gasteiger partial charge in [-0.25, -0.2) is 4.98 Å². The van der Waals surface area contributed by atoms with E-state index in [9.17, 15) is 30.3 Å². The monoisotopic (exact) mass is 619 g/mol. The van der Waals surface area contributed by atoms with Gasteiger partial charge in [-0.05, 0) is 60.3 Å². The smallest absolute Gasteiger partial charge is 0.280 e. The quantitative estimate of drug-likeness (QED) is 0.114. The number of anilines is 1. The third kappa shape index (κ3) is 3.73. The average molecular weight is 620 g/mol. The Bertz CT molecular complexity index is 2390. The van der Waals surface area contributed by atoms with Crippen molar-refractivity contribution in [1.82, 2.24) is 19.5 Å². The number of ether oxygens (including phenoxy) is 1. The van der Waals surface area contributed by atoms with Gasteiger partial charge in [0.1, 0.15) is 30.6 Å². The summed E-state index contributed by atoms with van der Waals surface area (Å²) in [5, 5.41) is 64.9. The zero-order valence-electron chi connectivity index (χ0n) is 24.2. The normalized spacial score (nSPS) is 26.6. The molecule has 0 spiro atoms. The van der Waals surface area contributed by atoms with Gasteiger partial charge in [0.15, 0.2) is 11.2 Å². The first-order valence-corrected chi connectivity index (χ1v) is 15.2. The summed E-state index contributed by atoms with van der Waals surface area (Å²) in [5.74, 6) is 0.00472. The second-order valence-corrected chi connectivity index (χ2v) is 12.3. The fraction of sp³-hybridized carbons (Fsp3) is 0.265. The number of H-pyrrole nitrogens is 1. The van der Waals surface area contributed by atoms with Crippen LogP contribution < -0.4 is 10.9 Å². The van der Waals surface area contributed by atoms with Crippen LogP contribution in [-0.2, 0) is 4.74 Å². The van der Waals surface area contributed by atoms with Gasteiger partial charge in [0.05, 0.1) is 25.1 Å². The summed E-state index contributed by atoms with van der Waals surface area (Å²) < 4.78 is 7.32. The Kier molecular flexibility index (Phi) is 5.94. The molecule has 0 amide bonds. The van der Waals surface area contributed by atoms with Gasteiger partial charge in [0, 0.05) is 6.42 Å². The van der Waals surface area contributed by atoms with Crippen LogP contribution in [0.15, 0.2) is 71.8 Å². The number of fused-ring (bicyclic) bond motifs is 6. The first-order chi connectivity index (χ1) is 22.3. The van der Waals surface area contributed by atoms with Crippen LogP contribution in [-0.4, -0.2) is 76.1 Å². The molecule has 0 saturated carbocycles. The van der Waals surface area contributed by atoms with E-state index in [0.717, 1.165) is 43.1 Å². The molecule has 3 heterocycles. The lowest BCUT2D eigenvalue weighted by Crippen LogP contribution is -2.45. The molecule has 7 atom stereocenters. The molecular formula is C34H29N5O7. The van der Waals surface area contributed by atoms with Crippen LogP contribution in [0.3, 0.4) is 0 Å². The van der Waals surface area contributed by atoms with Crippen molar-refractivity contribution < 1.29 is 30.3 Å². The molecule has 0 unspecified atom stereocenters. The van der Waals surface area contributed by atoms with E-state index in [1.165, 1.54) is 10.9 Å². The van der Waals surface area contributed by atoms with Gasteiger partial charge in [0.25, 0.3) is 5.56 Å². The Morgan fingerprint density at radius 3 is 2.48 bits per heavy atom. The number of hydrogen-bond donors (Lipinski definition) is 7. The standard InChI is InChI=1S/C34H29N5O7/c40-12-21-20(41)11-22(46-21)39-13-35-28-32(39)37-34(38-33(28)45)36-27-26-19(29(42)31(44)30(27)43)10-15-9-8-14-4-3-7-17-16-5-1-2-6-18(16)25(26)24(15)23(14)17/h1-10,13,20-22,27,29-31,40-44H,11-12H2,(H2,36,37,38,45)/t20-,21+,22+,27+,29-,30-,31+/m0/s1. The zero-order chi connectivity index (χ0) is 31.4. The van der Waals surface area contributed by atoms with Gasteiger partial charge in [-0.15, -0.1) is 0 Å². The van der Waals surface area contributed by atoms with Crippen molar-refractivity contribution in [1.29, 1.82) is 0 Å². The molecule has 2 aromatic heterocycles. The Morgan fingerprint density at radius 1 is 0.913 bits per heavy atom. The second-order valence-electron chi connectivity index (χ2n) is 12.3. The van der Waals surface area contributed by atoms with E-state index in [1.54, 1.807) is 0 Å². The molecule has 7 N–H and O–H groups in total. The number of aliphatic hydroxyl groups is 5. The van der Waals surface area contributed by atoms with E-state index in [0.29, 0.717) is 11.1 Å². The molecule has 232 valence electrons. The van der Waals surface area contributed by atoms with Crippen LogP contribution in [0.5, 0.6) is 0 Å². The molecule has 1 fully saturated rings. The fourth-order valence-corrected chi connectivity index (χ4v) is 7.63. The first kappa shape index (κ1) is 27.6. The maximum absolute atomic E-state index is 13.2. The Hall–Kier alpha value is -4.69. The van der Waals surface area contributed by atoms with Crippen molar-refractivity contribution in [3.05, 3.63) is 88.5 Å². The Morgan fingerprint density at radius 2 is 1.67 bits per heavy atom. The van der Waals surface area contributed by atoms with Gasteiger partial charge in [0.2, 0.25) is 5.95 Å². The van der Waals surface area contributed by atoms with Crippen molar-refractivity contribution in [2.24, 2.45) is 0 Å². The largest absolute Gasteiger partial charge is 0.394 e. The van der Waals surface area contributed by atoms with Crippen LogP contribution >= 0.6 is 0 Å².